The highest BCUT2D eigenvalue weighted by molar-refractivity contribution is 5.78. The molecular formula is C25H33F2N3O2. The van der Waals surface area contributed by atoms with Gasteiger partial charge in [0, 0.05) is 38.3 Å². The maximum atomic E-state index is 14.6. The lowest BCUT2D eigenvalue weighted by Crippen LogP contribution is -2.51. The summed E-state index contributed by atoms with van der Waals surface area (Å²) in [5.74, 6) is -2.78. The van der Waals surface area contributed by atoms with Crippen LogP contribution < -0.4 is 10.1 Å². The monoisotopic (exact) mass is 445 g/mol. The number of carbonyl (C=O) groups is 1. The SMILES string of the molecule is CCCCOc1cccc(C(F)(F)CNCC(=O)N2CCN(Cc3ccccc3)CC2)c1. The van der Waals surface area contributed by atoms with E-state index in [1.54, 1.807) is 17.0 Å². The van der Waals surface area contributed by atoms with Gasteiger partial charge in [-0.1, -0.05) is 55.8 Å². The Labute approximate surface area is 189 Å². The molecule has 1 aliphatic rings. The highest BCUT2D eigenvalue weighted by Crippen LogP contribution is 2.29. The fourth-order valence-corrected chi connectivity index (χ4v) is 3.69. The predicted molar refractivity (Wildman–Crippen MR) is 122 cm³/mol. The van der Waals surface area contributed by atoms with Gasteiger partial charge < -0.3 is 15.0 Å². The zero-order chi connectivity index (χ0) is 22.8. The van der Waals surface area contributed by atoms with Crippen LogP contribution in [0.15, 0.2) is 54.6 Å². The minimum atomic E-state index is -3.08. The summed E-state index contributed by atoms with van der Waals surface area (Å²) in [6.45, 7) is 5.51. The topological polar surface area (TPSA) is 44.8 Å². The van der Waals surface area contributed by atoms with Crippen molar-refractivity contribution in [2.45, 2.75) is 32.2 Å². The summed E-state index contributed by atoms with van der Waals surface area (Å²) >= 11 is 0. The third-order valence-corrected chi connectivity index (χ3v) is 5.62. The molecule has 0 unspecified atom stereocenters. The summed E-state index contributed by atoms with van der Waals surface area (Å²) in [4.78, 5) is 16.5. The average Bonchev–Trinajstić information content (AvgIpc) is 2.80. The lowest BCUT2D eigenvalue weighted by atomic mass is 10.1. The van der Waals surface area contributed by atoms with E-state index in [1.807, 2.05) is 25.1 Å². The Morgan fingerprint density at radius 2 is 1.81 bits per heavy atom. The van der Waals surface area contributed by atoms with Crippen LogP contribution in [0.5, 0.6) is 5.75 Å². The molecule has 1 fully saturated rings. The number of rotatable bonds is 11. The number of piperazine rings is 1. The van der Waals surface area contributed by atoms with Crippen LogP contribution in [0.3, 0.4) is 0 Å². The third kappa shape index (κ3) is 7.28. The first kappa shape index (κ1) is 24.1. The number of nitrogens with zero attached hydrogens (tertiary/aromatic N) is 2. The smallest absolute Gasteiger partial charge is 0.285 e. The molecule has 174 valence electrons. The number of halogens is 2. The Kier molecular flexibility index (Phi) is 9.00. The summed E-state index contributed by atoms with van der Waals surface area (Å²) in [5.41, 5.74) is 1.14. The van der Waals surface area contributed by atoms with Gasteiger partial charge in [0.15, 0.2) is 0 Å². The third-order valence-electron chi connectivity index (χ3n) is 5.62. The molecule has 2 aromatic carbocycles. The largest absolute Gasteiger partial charge is 0.494 e. The van der Waals surface area contributed by atoms with E-state index in [0.717, 1.165) is 32.5 Å². The van der Waals surface area contributed by atoms with Crippen molar-refractivity contribution >= 4 is 5.91 Å². The molecule has 0 bridgehead atoms. The van der Waals surface area contributed by atoms with Gasteiger partial charge in [0.25, 0.3) is 5.92 Å². The fraction of sp³-hybridized carbons (Fsp3) is 0.480. The molecule has 1 saturated heterocycles. The number of amides is 1. The summed E-state index contributed by atoms with van der Waals surface area (Å²) in [6.07, 6.45) is 1.86. The van der Waals surface area contributed by atoms with E-state index in [1.165, 1.54) is 17.7 Å². The average molecular weight is 446 g/mol. The highest BCUT2D eigenvalue weighted by Gasteiger charge is 2.32. The van der Waals surface area contributed by atoms with Crippen molar-refractivity contribution in [3.8, 4) is 5.75 Å². The van der Waals surface area contributed by atoms with Crippen molar-refractivity contribution in [2.24, 2.45) is 0 Å². The summed E-state index contributed by atoms with van der Waals surface area (Å²) < 4.78 is 34.8. The van der Waals surface area contributed by atoms with Crippen LogP contribution in [0, 0.1) is 0 Å². The zero-order valence-electron chi connectivity index (χ0n) is 18.7. The van der Waals surface area contributed by atoms with Gasteiger partial charge in [-0.15, -0.1) is 0 Å². The Bertz CT molecular complexity index is 840. The number of hydrogen-bond acceptors (Lipinski definition) is 4. The number of ether oxygens (including phenoxy) is 1. The van der Waals surface area contributed by atoms with Crippen molar-refractivity contribution in [2.75, 3.05) is 45.9 Å². The van der Waals surface area contributed by atoms with Crippen molar-refractivity contribution < 1.29 is 18.3 Å². The van der Waals surface area contributed by atoms with E-state index in [0.29, 0.717) is 25.4 Å². The Balaban J connectivity index is 1.41. The van der Waals surface area contributed by atoms with Crippen LogP contribution in [0.1, 0.15) is 30.9 Å². The van der Waals surface area contributed by atoms with Crippen LogP contribution in [0.25, 0.3) is 0 Å². The number of alkyl halides is 2. The Morgan fingerprint density at radius 3 is 2.53 bits per heavy atom. The quantitative estimate of drug-likeness (QED) is 0.533. The second-order valence-electron chi connectivity index (χ2n) is 8.18. The van der Waals surface area contributed by atoms with E-state index in [-0.39, 0.29) is 18.0 Å². The molecule has 0 atom stereocenters. The molecule has 1 amide bonds. The fourth-order valence-electron chi connectivity index (χ4n) is 3.69. The van der Waals surface area contributed by atoms with Crippen LogP contribution >= 0.6 is 0 Å². The normalized spacial score (nSPS) is 15.0. The first-order chi connectivity index (χ1) is 15.5. The molecule has 32 heavy (non-hydrogen) atoms. The van der Waals surface area contributed by atoms with Gasteiger partial charge in [-0.05, 0) is 24.1 Å². The van der Waals surface area contributed by atoms with Crippen molar-refractivity contribution in [3.05, 3.63) is 65.7 Å². The van der Waals surface area contributed by atoms with E-state index < -0.39 is 12.5 Å². The minimum absolute atomic E-state index is 0.0963. The predicted octanol–water partition coefficient (Wildman–Crippen LogP) is 3.89. The molecule has 0 aromatic heterocycles. The first-order valence-corrected chi connectivity index (χ1v) is 11.3. The van der Waals surface area contributed by atoms with Gasteiger partial charge in [-0.3, -0.25) is 9.69 Å². The molecule has 5 nitrogen and oxygen atoms in total. The van der Waals surface area contributed by atoms with Crippen LogP contribution in [0.4, 0.5) is 8.78 Å². The van der Waals surface area contributed by atoms with Crippen LogP contribution in [-0.2, 0) is 17.3 Å². The maximum Gasteiger partial charge on any atom is 0.285 e. The van der Waals surface area contributed by atoms with E-state index in [2.05, 4.69) is 22.3 Å². The standard InChI is InChI=1S/C25H33F2N3O2/c1-2-3-16-32-23-11-7-10-22(17-23)25(26,27)20-28-18-24(31)30-14-12-29(13-15-30)19-21-8-5-4-6-9-21/h4-11,17,28H,2-3,12-16,18-20H2,1H3. The molecule has 1 heterocycles. The van der Waals surface area contributed by atoms with Crippen molar-refractivity contribution in [3.63, 3.8) is 0 Å². The second kappa shape index (κ2) is 11.9. The lowest BCUT2D eigenvalue weighted by Gasteiger charge is -2.35. The molecule has 2 aromatic rings. The molecule has 7 heteroatoms. The summed E-state index contributed by atoms with van der Waals surface area (Å²) in [7, 11) is 0. The van der Waals surface area contributed by atoms with Gasteiger partial charge in [0.1, 0.15) is 5.75 Å². The molecular weight excluding hydrogens is 412 g/mol. The number of carbonyl (C=O) groups excluding carboxylic acids is 1. The van der Waals surface area contributed by atoms with E-state index in [4.69, 9.17) is 4.74 Å². The molecule has 0 radical (unpaired) electrons. The molecule has 0 spiro atoms. The van der Waals surface area contributed by atoms with Gasteiger partial charge in [-0.2, -0.15) is 8.78 Å². The minimum Gasteiger partial charge on any atom is -0.494 e. The van der Waals surface area contributed by atoms with Gasteiger partial charge in [-0.25, -0.2) is 0 Å². The molecule has 0 saturated carbocycles. The number of benzene rings is 2. The summed E-state index contributed by atoms with van der Waals surface area (Å²) in [6, 6.07) is 16.2. The number of unbranched alkanes of at least 4 members (excludes halogenated alkanes) is 1. The van der Waals surface area contributed by atoms with Crippen molar-refractivity contribution in [1.29, 1.82) is 0 Å². The van der Waals surface area contributed by atoms with Crippen LogP contribution in [0.2, 0.25) is 0 Å². The molecule has 1 aliphatic heterocycles. The summed E-state index contributed by atoms with van der Waals surface area (Å²) in [5, 5.41) is 2.65. The lowest BCUT2D eigenvalue weighted by molar-refractivity contribution is -0.132. The van der Waals surface area contributed by atoms with E-state index in [9.17, 15) is 13.6 Å². The maximum absolute atomic E-state index is 14.6. The Hall–Kier alpha value is -2.51. The van der Waals surface area contributed by atoms with Gasteiger partial charge >= 0.3 is 0 Å². The first-order valence-electron chi connectivity index (χ1n) is 11.3. The Morgan fingerprint density at radius 1 is 1.06 bits per heavy atom. The van der Waals surface area contributed by atoms with Crippen molar-refractivity contribution in [1.82, 2.24) is 15.1 Å². The van der Waals surface area contributed by atoms with E-state index >= 15 is 0 Å². The number of hydrogen-bond donors (Lipinski definition) is 1. The zero-order valence-corrected chi connectivity index (χ0v) is 18.7. The van der Waals surface area contributed by atoms with Crippen LogP contribution in [-0.4, -0.2) is 61.6 Å². The highest BCUT2D eigenvalue weighted by atomic mass is 19.3. The number of nitrogens with one attached hydrogen (secondary N) is 1. The van der Waals surface area contributed by atoms with Gasteiger partial charge in [0.2, 0.25) is 5.91 Å². The molecule has 1 N–H and O–H groups in total. The molecule has 3 rings (SSSR count). The van der Waals surface area contributed by atoms with Gasteiger partial charge in [0.05, 0.1) is 19.7 Å². The molecule has 0 aliphatic carbocycles. The second-order valence-corrected chi connectivity index (χ2v) is 8.18.